The number of carboxylic acids is 1. The van der Waals surface area contributed by atoms with Gasteiger partial charge in [-0.05, 0) is 24.6 Å². The molecule has 1 atom stereocenters. The van der Waals surface area contributed by atoms with Crippen LogP contribution in [-0.2, 0) is 6.54 Å². The van der Waals surface area contributed by atoms with E-state index >= 15 is 0 Å². The van der Waals surface area contributed by atoms with Crippen LogP contribution in [0.5, 0.6) is 5.75 Å². The predicted molar refractivity (Wildman–Crippen MR) is 94.1 cm³/mol. The van der Waals surface area contributed by atoms with Crippen LogP contribution in [0, 0.1) is 11.6 Å². The molecule has 0 saturated carbocycles. The van der Waals surface area contributed by atoms with Crippen molar-refractivity contribution in [3.05, 3.63) is 58.7 Å². The van der Waals surface area contributed by atoms with Crippen molar-refractivity contribution in [2.75, 3.05) is 19.1 Å². The number of hydrogen-bond donors (Lipinski definition) is 1. The molecule has 0 fully saturated rings. The Morgan fingerprint density at radius 3 is 2.41 bits per heavy atom. The molecular formula is C19H18F2N2O4. The molecule has 8 heteroatoms. The van der Waals surface area contributed by atoms with Crippen LogP contribution in [0.3, 0.4) is 0 Å². The molecule has 3 rings (SSSR count). The van der Waals surface area contributed by atoms with Gasteiger partial charge in [0.25, 0.3) is 0 Å². The van der Waals surface area contributed by atoms with Gasteiger partial charge in [0.1, 0.15) is 17.4 Å². The van der Waals surface area contributed by atoms with Crippen LogP contribution in [0.15, 0.2) is 30.3 Å². The molecule has 2 aromatic carbocycles. The molecule has 1 aliphatic rings. The summed E-state index contributed by atoms with van der Waals surface area (Å²) in [6.45, 7) is 1.41. The van der Waals surface area contributed by atoms with Crippen LogP contribution in [0.25, 0.3) is 0 Å². The molecule has 2 aromatic rings. The lowest BCUT2D eigenvalue weighted by Crippen LogP contribution is -2.46. The van der Waals surface area contributed by atoms with Crippen molar-refractivity contribution < 1.29 is 28.2 Å². The summed E-state index contributed by atoms with van der Waals surface area (Å²) in [7, 11) is 2.87. The SMILES string of the molecule is COc1cc(F)c(CN2C(=O)N(C)[C@@H](C)c3ccc(C(=O)O)cc32)c(F)c1. The summed E-state index contributed by atoms with van der Waals surface area (Å²) in [5.41, 5.74) is 0.689. The second kappa shape index (κ2) is 6.86. The highest BCUT2D eigenvalue weighted by molar-refractivity contribution is 5.97. The minimum absolute atomic E-state index is 0.0148. The lowest BCUT2D eigenvalue weighted by Gasteiger charge is -2.39. The van der Waals surface area contributed by atoms with Gasteiger partial charge in [-0.25, -0.2) is 18.4 Å². The zero-order valence-electron chi connectivity index (χ0n) is 15.0. The van der Waals surface area contributed by atoms with Crippen molar-refractivity contribution in [3.63, 3.8) is 0 Å². The number of fused-ring (bicyclic) bond motifs is 1. The summed E-state index contributed by atoms with van der Waals surface area (Å²) in [4.78, 5) is 26.7. The Bertz CT molecular complexity index is 909. The number of ether oxygens (including phenoxy) is 1. The van der Waals surface area contributed by atoms with E-state index in [9.17, 15) is 23.5 Å². The van der Waals surface area contributed by atoms with Gasteiger partial charge in [-0.1, -0.05) is 6.07 Å². The van der Waals surface area contributed by atoms with E-state index in [2.05, 4.69) is 0 Å². The molecule has 2 amide bonds. The van der Waals surface area contributed by atoms with Gasteiger partial charge in [-0.15, -0.1) is 0 Å². The van der Waals surface area contributed by atoms with E-state index in [1.807, 2.05) is 0 Å². The number of rotatable bonds is 4. The highest BCUT2D eigenvalue weighted by atomic mass is 19.1. The molecule has 0 bridgehead atoms. The number of carbonyl (C=O) groups excluding carboxylic acids is 1. The first kappa shape index (κ1) is 18.6. The lowest BCUT2D eigenvalue weighted by atomic mass is 9.98. The molecule has 1 N–H and O–H groups in total. The lowest BCUT2D eigenvalue weighted by molar-refractivity contribution is 0.0696. The fraction of sp³-hybridized carbons (Fsp3) is 0.263. The van der Waals surface area contributed by atoms with Gasteiger partial charge in [0.15, 0.2) is 0 Å². The first-order valence-corrected chi connectivity index (χ1v) is 8.18. The number of nitrogens with zero attached hydrogens (tertiary/aromatic N) is 2. The van der Waals surface area contributed by atoms with Crippen LogP contribution in [0.2, 0.25) is 0 Å². The van der Waals surface area contributed by atoms with E-state index in [1.165, 1.54) is 29.0 Å². The van der Waals surface area contributed by atoms with E-state index in [0.717, 1.165) is 12.1 Å². The van der Waals surface area contributed by atoms with Crippen molar-refractivity contribution in [1.82, 2.24) is 4.90 Å². The van der Waals surface area contributed by atoms with Gasteiger partial charge < -0.3 is 14.7 Å². The van der Waals surface area contributed by atoms with Crippen LogP contribution >= 0.6 is 0 Å². The predicted octanol–water partition coefficient (Wildman–Crippen LogP) is 3.80. The summed E-state index contributed by atoms with van der Waals surface area (Å²) >= 11 is 0. The number of carbonyl (C=O) groups is 2. The van der Waals surface area contributed by atoms with Crippen LogP contribution in [0.4, 0.5) is 19.3 Å². The number of carboxylic acid groups (broad SMARTS) is 1. The Hall–Kier alpha value is -3.16. The maximum atomic E-state index is 14.4. The van der Waals surface area contributed by atoms with Crippen LogP contribution in [-0.4, -0.2) is 36.2 Å². The molecule has 0 saturated heterocycles. The van der Waals surface area contributed by atoms with E-state index in [0.29, 0.717) is 11.3 Å². The third-order valence-corrected chi connectivity index (χ3v) is 4.80. The van der Waals surface area contributed by atoms with Crippen molar-refractivity contribution in [1.29, 1.82) is 0 Å². The van der Waals surface area contributed by atoms with Gasteiger partial charge in [-0.3, -0.25) is 4.90 Å². The Balaban J connectivity index is 2.10. The van der Waals surface area contributed by atoms with Gasteiger partial charge in [0.2, 0.25) is 0 Å². The number of halogens is 2. The zero-order valence-corrected chi connectivity index (χ0v) is 15.0. The highest BCUT2D eigenvalue weighted by Gasteiger charge is 2.34. The summed E-state index contributed by atoms with van der Waals surface area (Å²) in [6, 6.07) is 5.68. The normalized spacial score (nSPS) is 16.3. The average Bonchev–Trinajstić information content (AvgIpc) is 2.64. The number of amides is 2. The second-order valence-corrected chi connectivity index (χ2v) is 6.30. The average molecular weight is 376 g/mol. The Morgan fingerprint density at radius 2 is 1.85 bits per heavy atom. The topological polar surface area (TPSA) is 70.1 Å². The Labute approximate surface area is 154 Å². The molecule has 1 heterocycles. The number of aromatic carboxylic acids is 1. The smallest absolute Gasteiger partial charge is 0.335 e. The third-order valence-electron chi connectivity index (χ3n) is 4.80. The second-order valence-electron chi connectivity index (χ2n) is 6.30. The van der Waals surface area contributed by atoms with E-state index in [1.54, 1.807) is 20.0 Å². The molecule has 0 spiro atoms. The maximum Gasteiger partial charge on any atom is 0.335 e. The number of methoxy groups -OCH3 is 1. The molecule has 0 aliphatic carbocycles. The number of anilines is 1. The molecule has 27 heavy (non-hydrogen) atoms. The molecule has 142 valence electrons. The molecule has 0 radical (unpaired) electrons. The highest BCUT2D eigenvalue weighted by Crippen LogP contribution is 2.37. The fourth-order valence-electron chi connectivity index (χ4n) is 3.09. The Kier molecular flexibility index (Phi) is 4.73. The van der Waals surface area contributed by atoms with Crippen molar-refractivity contribution in [2.24, 2.45) is 0 Å². The minimum atomic E-state index is -1.15. The van der Waals surface area contributed by atoms with E-state index in [-0.39, 0.29) is 29.5 Å². The maximum absolute atomic E-state index is 14.4. The summed E-state index contributed by atoms with van der Waals surface area (Å²) < 4.78 is 33.6. The molecular weight excluding hydrogens is 358 g/mol. The summed E-state index contributed by atoms with van der Waals surface area (Å²) in [5, 5.41) is 9.24. The first-order valence-electron chi connectivity index (χ1n) is 8.18. The zero-order chi connectivity index (χ0) is 19.9. The Morgan fingerprint density at radius 1 is 1.22 bits per heavy atom. The minimum Gasteiger partial charge on any atom is -0.497 e. The fourth-order valence-corrected chi connectivity index (χ4v) is 3.09. The first-order chi connectivity index (χ1) is 12.7. The van der Waals surface area contributed by atoms with Gasteiger partial charge in [0, 0.05) is 24.7 Å². The molecule has 0 aromatic heterocycles. The quantitative estimate of drug-likeness (QED) is 0.881. The number of urea groups is 1. The van der Waals surface area contributed by atoms with Gasteiger partial charge in [0.05, 0.1) is 30.9 Å². The van der Waals surface area contributed by atoms with Crippen molar-refractivity contribution in [2.45, 2.75) is 19.5 Å². The van der Waals surface area contributed by atoms with E-state index < -0.39 is 23.6 Å². The molecule has 1 aliphatic heterocycles. The van der Waals surface area contributed by atoms with Gasteiger partial charge in [-0.2, -0.15) is 0 Å². The van der Waals surface area contributed by atoms with Crippen LogP contribution < -0.4 is 9.64 Å². The van der Waals surface area contributed by atoms with Gasteiger partial charge >= 0.3 is 12.0 Å². The third kappa shape index (κ3) is 3.18. The molecule has 6 nitrogen and oxygen atoms in total. The van der Waals surface area contributed by atoms with Crippen molar-refractivity contribution >= 4 is 17.7 Å². The summed E-state index contributed by atoms with van der Waals surface area (Å²) in [5.74, 6) is -2.83. The number of benzene rings is 2. The largest absolute Gasteiger partial charge is 0.497 e. The summed E-state index contributed by atoms with van der Waals surface area (Å²) in [6.07, 6.45) is 0. The molecule has 0 unspecified atom stereocenters. The van der Waals surface area contributed by atoms with E-state index in [4.69, 9.17) is 4.74 Å². The monoisotopic (exact) mass is 376 g/mol. The number of hydrogen-bond acceptors (Lipinski definition) is 3. The standard InChI is InChI=1S/C19H18F2N2O4/c1-10-13-5-4-11(18(24)25)6-17(13)23(19(26)22(10)2)9-14-15(20)7-12(27-3)8-16(14)21/h4-8,10H,9H2,1-3H3,(H,24,25)/t10-/m0/s1. The van der Waals surface area contributed by atoms with Crippen LogP contribution in [0.1, 0.15) is 34.5 Å². The van der Waals surface area contributed by atoms with Crippen molar-refractivity contribution in [3.8, 4) is 5.75 Å².